The predicted octanol–water partition coefficient (Wildman–Crippen LogP) is 2.02. The molecule has 0 aliphatic carbocycles. The lowest BCUT2D eigenvalue weighted by Crippen LogP contribution is -2.45. The molecule has 8 heteroatoms. The van der Waals surface area contributed by atoms with Gasteiger partial charge in [0.1, 0.15) is 11.4 Å². The van der Waals surface area contributed by atoms with Crippen LogP contribution in [0.4, 0.5) is 11.5 Å². The molecule has 1 heterocycles. The van der Waals surface area contributed by atoms with Gasteiger partial charge in [-0.3, -0.25) is 10.1 Å². The molecule has 0 aliphatic rings. The third kappa shape index (κ3) is 4.02. The zero-order valence-corrected chi connectivity index (χ0v) is 14.4. The van der Waals surface area contributed by atoms with Crippen LogP contribution >= 0.6 is 0 Å². The highest BCUT2D eigenvalue weighted by Gasteiger charge is 2.26. The van der Waals surface area contributed by atoms with Gasteiger partial charge in [-0.1, -0.05) is 12.1 Å². The molecular formula is C16H23N5O3. The van der Waals surface area contributed by atoms with Crippen molar-refractivity contribution >= 4 is 11.5 Å². The van der Waals surface area contributed by atoms with E-state index in [1.54, 1.807) is 21.1 Å². The number of aromatic nitrogens is 2. The highest BCUT2D eigenvalue weighted by atomic mass is 16.6. The number of hydrogen-bond acceptors (Lipinski definition) is 6. The quantitative estimate of drug-likeness (QED) is 0.593. The molecule has 24 heavy (non-hydrogen) atoms. The third-order valence-electron chi connectivity index (χ3n) is 3.80. The summed E-state index contributed by atoms with van der Waals surface area (Å²) in [5, 5.41) is 18.4. The SMILES string of the molecule is COc1ccc(C[C@](C)(N)CNc2c([N+](=O)[O-])c(C)nn2C)cc1. The van der Waals surface area contributed by atoms with Crippen molar-refractivity contribution in [2.24, 2.45) is 12.8 Å². The van der Waals surface area contributed by atoms with Gasteiger partial charge in [0.25, 0.3) is 0 Å². The highest BCUT2D eigenvalue weighted by molar-refractivity contribution is 5.59. The fraction of sp³-hybridized carbons (Fsp3) is 0.438. The minimum absolute atomic E-state index is 0.0160. The molecule has 0 spiro atoms. The van der Waals surface area contributed by atoms with Crippen LogP contribution in [0.25, 0.3) is 0 Å². The standard InChI is InChI=1S/C16H23N5O3/c1-11-14(21(22)23)15(20(3)19-11)18-10-16(2,17)9-12-5-7-13(24-4)8-6-12/h5-8,18H,9-10,17H2,1-4H3/t16-/m0/s1. The lowest BCUT2D eigenvalue weighted by atomic mass is 9.94. The number of ether oxygens (including phenoxy) is 1. The van der Waals surface area contributed by atoms with E-state index in [0.29, 0.717) is 24.5 Å². The Morgan fingerprint density at radius 3 is 2.58 bits per heavy atom. The van der Waals surface area contributed by atoms with Crippen LogP contribution in [0, 0.1) is 17.0 Å². The van der Waals surface area contributed by atoms with E-state index in [9.17, 15) is 10.1 Å². The zero-order chi connectivity index (χ0) is 17.9. The lowest BCUT2D eigenvalue weighted by molar-refractivity contribution is -0.384. The molecule has 1 aromatic heterocycles. The van der Waals surface area contributed by atoms with E-state index in [1.165, 1.54) is 4.68 Å². The van der Waals surface area contributed by atoms with E-state index in [0.717, 1.165) is 11.3 Å². The molecule has 0 fully saturated rings. The molecule has 1 aromatic carbocycles. The number of nitrogens with one attached hydrogen (secondary N) is 1. The molecule has 2 aromatic rings. The van der Waals surface area contributed by atoms with Crippen LogP contribution in [-0.2, 0) is 13.5 Å². The Morgan fingerprint density at radius 1 is 1.42 bits per heavy atom. The Balaban J connectivity index is 2.08. The van der Waals surface area contributed by atoms with E-state index in [2.05, 4.69) is 10.4 Å². The summed E-state index contributed by atoms with van der Waals surface area (Å²) < 4.78 is 6.61. The summed E-state index contributed by atoms with van der Waals surface area (Å²) in [6.07, 6.45) is 0.620. The van der Waals surface area contributed by atoms with E-state index in [4.69, 9.17) is 10.5 Å². The molecule has 0 saturated carbocycles. The minimum atomic E-state index is -0.583. The predicted molar refractivity (Wildman–Crippen MR) is 92.4 cm³/mol. The number of anilines is 1. The third-order valence-corrected chi connectivity index (χ3v) is 3.80. The Morgan fingerprint density at radius 2 is 2.04 bits per heavy atom. The number of benzene rings is 1. The van der Waals surface area contributed by atoms with Gasteiger partial charge in [0, 0.05) is 19.1 Å². The average Bonchev–Trinajstić information content (AvgIpc) is 2.79. The normalized spacial score (nSPS) is 13.4. The van der Waals surface area contributed by atoms with Crippen LogP contribution in [0.2, 0.25) is 0 Å². The van der Waals surface area contributed by atoms with Crippen LogP contribution < -0.4 is 15.8 Å². The van der Waals surface area contributed by atoms with Crippen molar-refractivity contribution in [1.29, 1.82) is 0 Å². The fourth-order valence-corrected chi connectivity index (χ4v) is 2.62. The second-order valence-corrected chi connectivity index (χ2v) is 6.20. The number of nitrogens with two attached hydrogens (primary N) is 1. The molecule has 0 aliphatic heterocycles. The number of nitro groups is 1. The molecule has 0 unspecified atom stereocenters. The van der Waals surface area contributed by atoms with Crippen LogP contribution in [0.15, 0.2) is 24.3 Å². The zero-order valence-electron chi connectivity index (χ0n) is 14.4. The first-order valence-electron chi connectivity index (χ1n) is 7.57. The summed E-state index contributed by atoms with van der Waals surface area (Å²) in [6.45, 7) is 3.89. The van der Waals surface area contributed by atoms with Gasteiger partial charge >= 0.3 is 5.69 Å². The average molecular weight is 333 g/mol. The number of nitrogens with zero attached hydrogens (tertiary/aromatic N) is 3. The summed E-state index contributed by atoms with van der Waals surface area (Å²) in [5.41, 5.74) is 7.20. The van der Waals surface area contributed by atoms with Gasteiger partial charge in [0.05, 0.1) is 12.0 Å². The Hall–Kier alpha value is -2.61. The molecule has 130 valence electrons. The Labute approximate surface area is 140 Å². The summed E-state index contributed by atoms with van der Waals surface area (Å²) >= 11 is 0. The molecule has 0 saturated heterocycles. The van der Waals surface area contributed by atoms with Gasteiger partial charge in [-0.25, -0.2) is 4.68 Å². The van der Waals surface area contributed by atoms with Gasteiger partial charge in [0.2, 0.25) is 5.82 Å². The van der Waals surface area contributed by atoms with Crippen LogP contribution in [0.3, 0.4) is 0 Å². The van der Waals surface area contributed by atoms with Crippen molar-refractivity contribution in [3.05, 3.63) is 45.6 Å². The molecule has 2 rings (SSSR count). The second kappa shape index (κ2) is 6.88. The first kappa shape index (κ1) is 17.7. The number of methoxy groups -OCH3 is 1. The van der Waals surface area contributed by atoms with Crippen molar-refractivity contribution in [1.82, 2.24) is 9.78 Å². The first-order chi connectivity index (χ1) is 11.2. The van der Waals surface area contributed by atoms with Crippen LogP contribution in [-0.4, -0.2) is 33.9 Å². The second-order valence-electron chi connectivity index (χ2n) is 6.20. The van der Waals surface area contributed by atoms with Crippen molar-refractivity contribution in [2.45, 2.75) is 25.8 Å². The number of rotatable bonds is 7. The Bertz CT molecular complexity index is 722. The molecule has 0 amide bonds. The smallest absolute Gasteiger partial charge is 0.333 e. The minimum Gasteiger partial charge on any atom is -0.497 e. The first-order valence-corrected chi connectivity index (χ1v) is 7.57. The maximum Gasteiger partial charge on any atom is 0.333 e. The van der Waals surface area contributed by atoms with Crippen molar-refractivity contribution in [3.63, 3.8) is 0 Å². The van der Waals surface area contributed by atoms with Gasteiger partial charge in [-0.15, -0.1) is 0 Å². The van der Waals surface area contributed by atoms with Crippen molar-refractivity contribution < 1.29 is 9.66 Å². The van der Waals surface area contributed by atoms with Gasteiger partial charge in [-0.2, -0.15) is 5.10 Å². The Kier molecular flexibility index (Phi) is 5.08. The molecule has 0 radical (unpaired) electrons. The maximum absolute atomic E-state index is 11.2. The summed E-state index contributed by atoms with van der Waals surface area (Å²) in [7, 11) is 3.29. The summed E-state index contributed by atoms with van der Waals surface area (Å²) in [5.74, 6) is 1.15. The fourth-order valence-electron chi connectivity index (χ4n) is 2.62. The molecule has 3 N–H and O–H groups in total. The summed E-state index contributed by atoms with van der Waals surface area (Å²) in [4.78, 5) is 10.8. The van der Waals surface area contributed by atoms with Crippen molar-refractivity contribution in [3.8, 4) is 5.75 Å². The number of hydrogen-bond donors (Lipinski definition) is 2. The van der Waals surface area contributed by atoms with Crippen LogP contribution in [0.1, 0.15) is 18.2 Å². The number of aryl methyl sites for hydroxylation is 2. The topological polar surface area (TPSA) is 108 Å². The van der Waals surface area contributed by atoms with Gasteiger partial charge < -0.3 is 15.8 Å². The van der Waals surface area contributed by atoms with E-state index in [-0.39, 0.29) is 5.69 Å². The molecule has 1 atom stereocenters. The molecule has 0 bridgehead atoms. The van der Waals surface area contributed by atoms with Crippen molar-refractivity contribution in [2.75, 3.05) is 19.0 Å². The monoisotopic (exact) mass is 333 g/mol. The van der Waals surface area contributed by atoms with E-state index < -0.39 is 10.5 Å². The maximum atomic E-state index is 11.2. The van der Waals surface area contributed by atoms with Gasteiger partial charge in [0.15, 0.2) is 0 Å². The molecular weight excluding hydrogens is 310 g/mol. The summed E-state index contributed by atoms with van der Waals surface area (Å²) in [6, 6.07) is 7.68. The van der Waals surface area contributed by atoms with E-state index in [1.807, 2.05) is 31.2 Å². The van der Waals surface area contributed by atoms with Crippen LogP contribution in [0.5, 0.6) is 5.75 Å². The molecule has 8 nitrogen and oxygen atoms in total. The largest absolute Gasteiger partial charge is 0.497 e. The lowest BCUT2D eigenvalue weighted by Gasteiger charge is -2.25. The van der Waals surface area contributed by atoms with E-state index >= 15 is 0 Å². The highest BCUT2D eigenvalue weighted by Crippen LogP contribution is 2.27. The van der Waals surface area contributed by atoms with Gasteiger partial charge in [-0.05, 0) is 38.0 Å².